The number of esters is 1. The number of hydrogen-bond acceptors (Lipinski definition) is 5. The Labute approximate surface area is 120 Å². The zero-order valence-corrected chi connectivity index (χ0v) is 12.5. The number of hydrogen-bond donors (Lipinski definition) is 0. The first-order valence-corrected chi connectivity index (χ1v) is 7.11. The summed E-state index contributed by atoms with van der Waals surface area (Å²) in [6, 6.07) is 5.67. The molecule has 1 saturated heterocycles. The molecule has 1 unspecified atom stereocenters. The van der Waals surface area contributed by atoms with Gasteiger partial charge in [0.05, 0.1) is 12.3 Å². The van der Waals surface area contributed by atoms with Gasteiger partial charge in [-0.05, 0) is 33.0 Å². The van der Waals surface area contributed by atoms with E-state index in [9.17, 15) is 4.79 Å². The average molecular weight is 277 g/mol. The smallest absolute Gasteiger partial charge is 0.332 e. The van der Waals surface area contributed by atoms with Crippen LogP contribution in [0.25, 0.3) is 0 Å². The van der Waals surface area contributed by atoms with Crippen LogP contribution in [-0.2, 0) is 15.1 Å². The Morgan fingerprint density at radius 1 is 1.35 bits per heavy atom. The Morgan fingerprint density at radius 2 is 2.05 bits per heavy atom. The largest absolute Gasteiger partial charge is 0.464 e. The zero-order valence-electron chi connectivity index (χ0n) is 12.5. The van der Waals surface area contributed by atoms with Gasteiger partial charge in [-0.3, -0.25) is 9.88 Å². The van der Waals surface area contributed by atoms with Gasteiger partial charge in [0, 0.05) is 32.4 Å². The van der Waals surface area contributed by atoms with Crippen molar-refractivity contribution in [3.05, 3.63) is 30.1 Å². The minimum Gasteiger partial charge on any atom is -0.464 e. The highest BCUT2D eigenvalue weighted by Gasteiger charge is 2.44. The second kappa shape index (κ2) is 6.33. The van der Waals surface area contributed by atoms with E-state index in [4.69, 9.17) is 4.74 Å². The minimum absolute atomic E-state index is 0.219. The molecule has 0 radical (unpaired) electrons. The van der Waals surface area contributed by atoms with Gasteiger partial charge in [0.25, 0.3) is 0 Å². The maximum atomic E-state index is 12.5. The van der Waals surface area contributed by atoms with Crippen LogP contribution < -0.4 is 0 Å². The topological polar surface area (TPSA) is 45.7 Å². The van der Waals surface area contributed by atoms with Crippen molar-refractivity contribution >= 4 is 5.97 Å². The molecule has 1 atom stereocenters. The van der Waals surface area contributed by atoms with Gasteiger partial charge in [0.2, 0.25) is 0 Å². The summed E-state index contributed by atoms with van der Waals surface area (Å²) >= 11 is 0. The second-order valence-corrected chi connectivity index (χ2v) is 5.30. The van der Waals surface area contributed by atoms with Crippen molar-refractivity contribution in [1.29, 1.82) is 0 Å². The molecular weight excluding hydrogens is 254 g/mol. The Morgan fingerprint density at radius 3 is 2.60 bits per heavy atom. The lowest BCUT2D eigenvalue weighted by Gasteiger charge is -2.42. The minimum atomic E-state index is -0.807. The molecule has 2 heterocycles. The molecule has 0 N–H and O–H groups in total. The lowest BCUT2D eigenvalue weighted by Crippen LogP contribution is -2.57. The predicted octanol–water partition coefficient (Wildman–Crippen LogP) is 1.11. The van der Waals surface area contributed by atoms with Crippen LogP contribution in [0.1, 0.15) is 19.5 Å². The molecule has 1 aliphatic rings. The molecule has 2 rings (SSSR count). The Bertz CT molecular complexity index is 444. The van der Waals surface area contributed by atoms with E-state index in [-0.39, 0.29) is 5.97 Å². The van der Waals surface area contributed by atoms with Crippen LogP contribution in [0.15, 0.2) is 24.4 Å². The summed E-state index contributed by atoms with van der Waals surface area (Å²) in [5.41, 5.74) is -0.0542. The lowest BCUT2D eigenvalue weighted by atomic mass is 9.93. The maximum absolute atomic E-state index is 12.5. The van der Waals surface area contributed by atoms with Gasteiger partial charge in [-0.15, -0.1) is 0 Å². The van der Waals surface area contributed by atoms with Crippen molar-refractivity contribution in [3.8, 4) is 0 Å². The molecule has 0 saturated carbocycles. The fourth-order valence-electron chi connectivity index (χ4n) is 2.57. The van der Waals surface area contributed by atoms with Crippen LogP contribution in [0.3, 0.4) is 0 Å². The van der Waals surface area contributed by atoms with E-state index >= 15 is 0 Å². The lowest BCUT2D eigenvalue weighted by molar-refractivity contribution is -0.159. The van der Waals surface area contributed by atoms with Crippen molar-refractivity contribution in [2.45, 2.75) is 19.4 Å². The van der Waals surface area contributed by atoms with Crippen LogP contribution in [-0.4, -0.2) is 60.6 Å². The number of ether oxygens (including phenoxy) is 1. The molecule has 5 heteroatoms. The van der Waals surface area contributed by atoms with Crippen LogP contribution >= 0.6 is 0 Å². The van der Waals surface area contributed by atoms with E-state index in [2.05, 4.69) is 21.8 Å². The van der Waals surface area contributed by atoms with Crippen LogP contribution in [0.2, 0.25) is 0 Å². The predicted molar refractivity (Wildman–Crippen MR) is 77.3 cm³/mol. The van der Waals surface area contributed by atoms with E-state index in [1.165, 1.54) is 0 Å². The maximum Gasteiger partial charge on any atom is 0.332 e. The molecule has 0 aromatic carbocycles. The Balaban J connectivity index is 2.31. The third kappa shape index (κ3) is 2.83. The van der Waals surface area contributed by atoms with Crippen molar-refractivity contribution in [2.24, 2.45) is 0 Å². The third-order valence-corrected chi connectivity index (χ3v) is 3.97. The number of likely N-dealkylation sites (N-methyl/N-ethyl adjacent to an activating group) is 1. The molecule has 1 fully saturated rings. The van der Waals surface area contributed by atoms with Crippen molar-refractivity contribution in [2.75, 3.05) is 39.8 Å². The molecule has 0 amide bonds. The van der Waals surface area contributed by atoms with Crippen LogP contribution in [0.5, 0.6) is 0 Å². The van der Waals surface area contributed by atoms with Crippen LogP contribution in [0, 0.1) is 0 Å². The van der Waals surface area contributed by atoms with Gasteiger partial charge in [-0.1, -0.05) is 6.07 Å². The molecule has 110 valence electrons. The summed E-state index contributed by atoms with van der Waals surface area (Å²) in [5, 5.41) is 0. The van der Waals surface area contributed by atoms with E-state index in [0.717, 1.165) is 31.9 Å². The normalized spacial score (nSPS) is 20.4. The fourth-order valence-corrected chi connectivity index (χ4v) is 2.57. The van der Waals surface area contributed by atoms with Crippen molar-refractivity contribution in [3.63, 3.8) is 0 Å². The van der Waals surface area contributed by atoms with Gasteiger partial charge in [-0.25, -0.2) is 4.79 Å². The van der Waals surface area contributed by atoms with Gasteiger partial charge < -0.3 is 9.64 Å². The zero-order chi connectivity index (χ0) is 14.6. The number of nitrogens with zero attached hydrogens (tertiary/aromatic N) is 3. The molecule has 0 aliphatic carbocycles. The van der Waals surface area contributed by atoms with E-state index in [1.807, 2.05) is 32.0 Å². The van der Waals surface area contributed by atoms with Gasteiger partial charge in [0.1, 0.15) is 0 Å². The summed E-state index contributed by atoms with van der Waals surface area (Å²) in [7, 11) is 2.10. The number of rotatable bonds is 4. The van der Waals surface area contributed by atoms with Crippen molar-refractivity contribution < 1.29 is 9.53 Å². The monoisotopic (exact) mass is 277 g/mol. The first-order valence-electron chi connectivity index (χ1n) is 7.11. The quantitative estimate of drug-likeness (QED) is 0.771. The average Bonchev–Trinajstić information content (AvgIpc) is 2.48. The Hall–Kier alpha value is -1.46. The first kappa shape index (κ1) is 14.9. The van der Waals surface area contributed by atoms with E-state index in [0.29, 0.717) is 6.61 Å². The highest BCUT2D eigenvalue weighted by molar-refractivity contribution is 5.81. The fraction of sp³-hybridized carbons (Fsp3) is 0.600. The summed E-state index contributed by atoms with van der Waals surface area (Å²) in [5.74, 6) is -0.219. The number of pyridine rings is 1. The molecule has 20 heavy (non-hydrogen) atoms. The number of piperazine rings is 1. The van der Waals surface area contributed by atoms with E-state index < -0.39 is 5.54 Å². The summed E-state index contributed by atoms with van der Waals surface area (Å²) < 4.78 is 5.31. The molecule has 5 nitrogen and oxygen atoms in total. The highest BCUT2D eigenvalue weighted by atomic mass is 16.5. The van der Waals surface area contributed by atoms with Gasteiger partial charge in [-0.2, -0.15) is 0 Å². The van der Waals surface area contributed by atoms with Gasteiger partial charge >= 0.3 is 5.97 Å². The summed E-state index contributed by atoms with van der Waals surface area (Å²) in [6.45, 7) is 7.70. The SMILES string of the molecule is CCOC(=O)C(C)(c1ccccn1)N1CCN(C)CC1. The first-order chi connectivity index (χ1) is 9.59. The summed E-state index contributed by atoms with van der Waals surface area (Å²) in [4.78, 5) is 21.4. The van der Waals surface area contributed by atoms with Gasteiger partial charge in [0.15, 0.2) is 5.54 Å². The summed E-state index contributed by atoms with van der Waals surface area (Å²) in [6.07, 6.45) is 1.73. The highest BCUT2D eigenvalue weighted by Crippen LogP contribution is 2.29. The standard InChI is InChI=1S/C15H23N3O2/c1-4-20-14(19)15(2,13-7-5-6-8-16-13)18-11-9-17(3)10-12-18/h5-8H,4,9-12H2,1-3H3. The molecule has 1 aromatic rings. The van der Waals surface area contributed by atoms with E-state index in [1.54, 1.807) is 6.20 Å². The van der Waals surface area contributed by atoms with Crippen molar-refractivity contribution in [1.82, 2.24) is 14.8 Å². The molecule has 1 aliphatic heterocycles. The molecule has 0 spiro atoms. The molecular formula is C15H23N3O2. The number of carbonyl (C=O) groups is 1. The number of carbonyl (C=O) groups excluding carboxylic acids is 1. The molecule has 0 bridgehead atoms. The third-order valence-electron chi connectivity index (χ3n) is 3.97. The second-order valence-electron chi connectivity index (χ2n) is 5.30. The Kier molecular flexibility index (Phi) is 4.73. The number of aromatic nitrogens is 1. The molecule has 1 aromatic heterocycles. The van der Waals surface area contributed by atoms with Crippen LogP contribution in [0.4, 0.5) is 0 Å².